The molecule has 2 rings (SSSR count). The van der Waals surface area contributed by atoms with Crippen molar-refractivity contribution in [3.63, 3.8) is 0 Å². The molecule has 0 aliphatic rings. The van der Waals surface area contributed by atoms with Crippen molar-refractivity contribution in [3.05, 3.63) is 71.8 Å². The van der Waals surface area contributed by atoms with Crippen molar-refractivity contribution in [2.24, 2.45) is 0 Å². The van der Waals surface area contributed by atoms with Crippen molar-refractivity contribution >= 4 is 11.8 Å². The fraction of sp³-hybridized carbons (Fsp3) is 0.111. The summed E-state index contributed by atoms with van der Waals surface area (Å²) in [7, 11) is 1.60. The van der Waals surface area contributed by atoms with E-state index in [1.165, 1.54) is 0 Å². The maximum absolute atomic E-state index is 11.8. The summed E-state index contributed by atoms with van der Waals surface area (Å²) in [5, 5.41) is 8.54. The molecule has 0 unspecified atom stereocenters. The van der Waals surface area contributed by atoms with Crippen molar-refractivity contribution in [2.75, 3.05) is 7.11 Å². The molecule has 0 spiro atoms. The topological polar surface area (TPSA) is 72.8 Å². The van der Waals surface area contributed by atoms with Gasteiger partial charge in [-0.05, 0) is 35.9 Å². The lowest BCUT2D eigenvalue weighted by atomic mass is 10.1. The Hall–Kier alpha value is -3.08. The lowest BCUT2D eigenvalue weighted by molar-refractivity contribution is -0.131. The third kappa shape index (κ3) is 5.00. The summed E-state index contributed by atoms with van der Waals surface area (Å²) >= 11 is 0. The first-order valence-corrected chi connectivity index (χ1v) is 6.89. The van der Waals surface area contributed by atoms with E-state index in [2.05, 4.69) is 0 Å². The van der Waals surface area contributed by atoms with Crippen LogP contribution in [-0.4, -0.2) is 24.0 Å². The van der Waals surface area contributed by atoms with Crippen LogP contribution in [0.2, 0.25) is 0 Å². The number of aliphatic carboxylic acids is 1. The van der Waals surface area contributed by atoms with Gasteiger partial charge in [0.1, 0.15) is 18.1 Å². The molecule has 1 N–H and O–H groups in total. The van der Waals surface area contributed by atoms with Gasteiger partial charge in [0, 0.05) is 11.6 Å². The number of carbonyl (C=O) groups is 2. The van der Waals surface area contributed by atoms with Crippen molar-refractivity contribution in [2.45, 2.75) is 6.61 Å². The molecule has 0 amide bonds. The van der Waals surface area contributed by atoms with Gasteiger partial charge in [-0.15, -0.1) is 0 Å². The fourth-order valence-electron chi connectivity index (χ4n) is 1.87. The van der Waals surface area contributed by atoms with Gasteiger partial charge >= 0.3 is 5.97 Å². The zero-order valence-corrected chi connectivity index (χ0v) is 12.6. The zero-order valence-electron chi connectivity index (χ0n) is 12.6. The Morgan fingerprint density at radius 1 is 1.04 bits per heavy atom. The first-order chi connectivity index (χ1) is 11.1. The van der Waals surface area contributed by atoms with Crippen LogP contribution in [0.1, 0.15) is 15.9 Å². The molecule has 0 aliphatic heterocycles. The van der Waals surface area contributed by atoms with Gasteiger partial charge in [0.05, 0.1) is 7.11 Å². The van der Waals surface area contributed by atoms with E-state index in [4.69, 9.17) is 14.6 Å². The predicted molar refractivity (Wildman–Crippen MR) is 84.9 cm³/mol. The second-order valence-electron chi connectivity index (χ2n) is 4.70. The van der Waals surface area contributed by atoms with Gasteiger partial charge in [-0.1, -0.05) is 24.3 Å². The van der Waals surface area contributed by atoms with Crippen LogP contribution in [0, 0.1) is 0 Å². The van der Waals surface area contributed by atoms with E-state index in [1.54, 1.807) is 31.4 Å². The first-order valence-electron chi connectivity index (χ1n) is 6.89. The van der Waals surface area contributed by atoms with Crippen LogP contribution in [0.5, 0.6) is 11.5 Å². The average Bonchev–Trinajstić information content (AvgIpc) is 2.58. The van der Waals surface area contributed by atoms with Gasteiger partial charge in [0.2, 0.25) is 0 Å². The third-order valence-corrected chi connectivity index (χ3v) is 3.06. The second-order valence-corrected chi connectivity index (χ2v) is 4.70. The summed E-state index contributed by atoms with van der Waals surface area (Å²) in [5.74, 6) is -0.241. The Morgan fingerprint density at radius 3 is 2.43 bits per heavy atom. The van der Waals surface area contributed by atoms with E-state index in [0.717, 1.165) is 23.5 Å². The van der Waals surface area contributed by atoms with Crippen LogP contribution in [0.3, 0.4) is 0 Å². The van der Waals surface area contributed by atoms with Crippen molar-refractivity contribution in [1.82, 2.24) is 0 Å². The van der Waals surface area contributed by atoms with Crippen molar-refractivity contribution < 1.29 is 24.2 Å². The second kappa shape index (κ2) is 7.79. The van der Waals surface area contributed by atoms with E-state index in [1.807, 2.05) is 24.3 Å². The number of hydrogen-bond acceptors (Lipinski definition) is 4. The number of hydrogen-bond donors (Lipinski definition) is 1. The Morgan fingerprint density at radius 2 is 1.78 bits per heavy atom. The molecule has 0 atom stereocenters. The molecule has 0 aromatic heterocycles. The molecular formula is C18H16O5. The van der Waals surface area contributed by atoms with Crippen LogP contribution >= 0.6 is 0 Å². The van der Waals surface area contributed by atoms with Crippen LogP contribution in [-0.2, 0) is 11.4 Å². The van der Waals surface area contributed by atoms with Gasteiger partial charge in [0.25, 0.3) is 0 Å². The van der Waals surface area contributed by atoms with Gasteiger partial charge in [-0.2, -0.15) is 0 Å². The third-order valence-electron chi connectivity index (χ3n) is 3.06. The van der Waals surface area contributed by atoms with Gasteiger partial charge in [0.15, 0.2) is 5.78 Å². The number of carbonyl (C=O) groups excluding carboxylic acids is 1. The number of ether oxygens (including phenoxy) is 2. The number of carboxylic acid groups (broad SMARTS) is 1. The number of carboxylic acids is 1. The minimum atomic E-state index is -1.16. The zero-order chi connectivity index (χ0) is 16.7. The Labute approximate surface area is 133 Å². The van der Waals surface area contributed by atoms with E-state index < -0.39 is 5.97 Å². The predicted octanol–water partition coefficient (Wildman–Crippen LogP) is 3.10. The van der Waals surface area contributed by atoms with Gasteiger partial charge in [-0.3, -0.25) is 4.79 Å². The molecule has 23 heavy (non-hydrogen) atoms. The minimum Gasteiger partial charge on any atom is -0.497 e. The molecule has 0 saturated carbocycles. The molecule has 118 valence electrons. The smallest absolute Gasteiger partial charge is 0.328 e. The van der Waals surface area contributed by atoms with E-state index >= 15 is 0 Å². The number of allylic oxidation sites excluding steroid dienone is 1. The summed E-state index contributed by atoms with van der Waals surface area (Å²) in [4.78, 5) is 22.3. The molecule has 2 aromatic carbocycles. The lowest BCUT2D eigenvalue weighted by Gasteiger charge is -2.08. The molecule has 0 saturated heterocycles. The quantitative estimate of drug-likeness (QED) is 0.628. The van der Waals surface area contributed by atoms with Gasteiger partial charge < -0.3 is 14.6 Å². The normalized spacial score (nSPS) is 10.5. The maximum Gasteiger partial charge on any atom is 0.328 e. The Kier molecular flexibility index (Phi) is 5.52. The van der Waals surface area contributed by atoms with E-state index in [0.29, 0.717) is 17.9 Å². The SMILES string of the molecule is COc1ccc(COc2cccc(C(=O)/C=C/C(=O)O)c2)cc1. The summed E-state index contributed by atoms with van der Waals surface area (Å²) < 4.78 is 10.7. The first kappa shape index (κ1) is 16.3. The highest BCUT2D eigenvalue weighted by atomic mass is 16.5. The summed E-state index contributed by atoms with van der Waals surface area (Å²) in [6.45, 7) is 0.354. The molecule has 2 aromatic rings. The molecule has 0 heterocycles. The molecule has 0 bridgehead atoms. The number of ketones is 1. The van der Waals surface area contributed by atoms with Crippen LogP contribution in [0.25, 0.3) is 0 Å². The molecule has 0 aliphatic carbocycles. The summed E-state index contributed by atoms with van der Waals surface area (Å²) in [6.07, 6.45) is 1.83. The standard InChI is InChI=1S/C18H16O5/c1-22-15-7-5-13(6-8-15)12-23-16-4-2-3-14(11-16)17(19)9-10-18(20)21/h2-11H,12H2,1H3,(H,20,21)/b10-9+. The molecule has 0 fully saturated rings. The Bertz CT molecular complexity index is 716. The highest BCUT2D eigenvalue weighted by Gasteiger charge is 2.05. The molecule has 5 nitrogen and oxygen atoms in total. The largest absolute Gasteiger partial charge is 0.497 e. The monoisotopic (exact) mass is 312 g/mol. The highest BCUT2D eigenvalue weighted by Crippen LogP contribution is 2.17. The van der Waals surface area contributed by atoms with Crippen LogP contribution < -0.4 is 9.47 Å². The van der Waals surface area contributed by atoms with E-state index in [9.17, 15) is 9.59 Å². The number of methoxy groups -OCH3 is 1. The number of benzene rings is 2. The molecule has 5 heteroatoms. The van der Waals surface area contributed by atoms with E-state index in [-0.39, 0.29) is 5.78 Å². The lowest BCUT2D eigenvalue weighted by Crippen LogP contribution is -1.99. The maximum atomic E-state index is 11.8. The summed E-state index contributed by atoms with van der Waals surface area (Å²) in [6, 6.07) is 14.1. The van der Waals surface area contributed by atoms with Crippen LogP contribution in [0.15, 0.2) is 60.7 Å². The minimum absolute atomic E-state index is 0.354. The fourth-order valence-corrected chi connectivity index (χ4v) is 1.87. The highest BCUT2D eigenvalue weighted by molar-refractivity contribution is 6.07. The average molecular weight is 312 g/mol. The molecule has 0 radical (unpaired) electrons. The Balaban J connectivity index is 2.01. The number of rotatable bonds is 7. The summed E-state index contributed by atoms with van der Waals surface area (Å²) in [5.41, 5.74) is 1.34. The van der Waals surface area contributed by atoms with Crippen molar-refractivity contribution in [3.8, 4) is 11.5 Å². The molecular weight excluding hydrogens is 296 g/mol. The van der Waals surface area contributed by atoms with Gasteiger partial charge in [-0.25, -0.2) is 4.79 Å². The van der Waals surface area contributed by atoms with Crippen molar-refractivity contribution in [1.29, 1.82) is 0 Å². The van der Waals surface area contributed by atoms with Crippen LogP contribution in [0.4, 0.5) is 0 Å².